The molecule has 1 amide bonds. The van der Waals surface area contributed by atoms with Crippen LogP contribution in [-0.2, 0) is 14.3 Å². The first-order valence-electron chi connectivity index (χ1n) is 9.81. The largest absolute Gasteiger partial charge is 0.493 e. The average molecular weight is 379 g/mol. The summed E-state index contributed by atoms with van der Waals surface area (Å²) in [5, 5.41) is 2.88. The van der Waals surface area contributed by atoms with Crippen LogP contribution in [0.15, 0.2) is 18.2 Å². The Morgan fingerprint density at radius 2 is 1.81 bits per heavy atom. The molecule has 0 radical (unpaired) electrons. The van der Waals surface area contributed by atoms with Gasteiger partial charge in [0.15, 0.2) is 0 Å². The molecule has 1 unspecified atom stereocenters. The standard InChI is InChI=1S/C21H33NO5/c1-6-10-13-21(5,27-14-7-2)20(24)22-16-11-12-18(25-8-3)17(15-16)19(23)26-9-4/h11-12,15H,6-10,13-14H2,1-5H3,(H,22,24). The fraction of sp³-hybridized carbons (Fsp3) is 0.619. The summed E-state index contributed by atoms with van der Waals surface area (Å²) in [6.45, 7) is 10.7. The lowest BCUT2D eigenvalue weighted by atomic mass is 9.97. The predicted molar refractivity (Wildman–Crippen MR) is 106 cm³/mol. The fourth-order valence-corrected chi connectivity index (χ4v) is 2.61. The number of anilines is 1. The summed E-state index contributed by atoms with van der Waals surface area (Å²) in [7, 11) is 0. The van der Waals surface area contributed by atoms with Gasteiger partial charge in [0.2, 0.25) is 0 Å². The van der Waals surface area contributed by atoms with Crippen LogP contribution in [0.1, 0.15) is 70.7 Å². The van der Waals surface area contributed by atoms with Crippen LogP contribution in [0.2, 0.25) is 0 Å². The van der Waals surface area contributed by atoms with Crippen molar-refractivity contribution in [3.63, 3.8) is 0 Å². The summed E-state index contributed by atoms with van der Waals surface area (Å²) in [6, 6.07) is 4.97. The first kappa shape index (κ1) is 23.0. The first-order chi connectivity index (χ1) is 12.9. The van der Waals surface area contributed by atoms with Crippen LogP contribution in [0.4, 0.5) is 5.69 Å². The van der Waals surface area contributed by atoms with E-state index in [1.54, 1.807) is 25.1 Å². The molecule has 1 aromatic carbocycles. The van der Waals surface area contributed by atoms with Crippen LogP contribution < -0.4 is 10.1 Å². The van der Waals surface area contributed by atoms with Crippen molar-refractivity contribution in [1.29, 1.82) is 0 Å². The molecule has 0 aliphatic heterocycles. The number of ether oxygens (including phenoxy) is 3. The lowest BCUT2D eigenvalue weighted by molar-refractivity contribution is -0.140. The highest BCUT2D eigenvalue weighted by atomic mass is 16.5. The first-order valence-corrected chi connectivity index (χ1v) is 9.81. The number of nitrogens with one attached hydrogen (secondary N) is 1. The van der Waals surface area contributed by atoms with Gasteiger partial charge in [-0.15, -0.1) is 0 Å². The van der Waals surface area contributed by atoms with E-state index in [4.69, 9.17) is 14.2 Å². The van der Waals surface area contributed by atoms with Crippen LogP contribution in [0, 0.1) is 0 Å². The summed E-state index contributed by atoms with van der Waals surface area (Å²) in [4.78, 5) is 25.1. The average Bonchev–Trinajstić information content (AvgIpc) is 2.66. The molecule has 0 bridgehead atoms. The number of hydrogen-bond donors (Lipinski definition) is 1. The third kappa shape index (κ3) is 6.86. The van der Waals surface area contributed by atoms with Gasteiger partial charge in [-0.3, -0.25) is 4.79 Å². The van der Waals surface area contributed by atoms with Crippen molar-refractivity contribution in [2.24, 2.45) is 0 Å². The van der Waals surface area contributed by atoms with E-state index >= 15 is 0 Å². The molecule has 152 valence electrons. The van der Waals surface area contributed by atoms with Gasteiger partial charge in [-0.2, -0.15) is 0 Å². The van der Waals surface area contributed by atoms with E-state index in [9.17, 15) is 9.59 Å². The molecule has 0 heterocycles. The molecule has 0 spiro atoms. The molecule has 0 saturated heterocycles. The Labute approximate surface area is 162 Å². The number of carbonyl (C=O) groups is 2. The maximum atomic E-state index is 12.9. The molecule has 1 atom stereocenters. The molecule has 1 N–H and O–H groups in total. The number of hydrogen-bond acceptors (Lipinski definition) is 5. The lowest BCUT2D eigenvalue weighted by Crippen LogP contribution is -2.43. The van der Waals surface area contributed by atoms with Crippen LogP contribution in [0.5, 0.6) is 5.75 Å². The minimum atomic E-state index is -0.908. The SMILES string of the molecule is CCCCC(C)(OCCC)C(=O)Nc1ccc(OCC)c(C(=O)OCC)c1. The van der Waals surface area contributed by atoms with Gasteiger partial charge < -0.3 is 19.5 Å². The molecule has 0 aliphatic rings. The van der Waals surface area contributed by atoms with Gasteiger partial charge in [0.25, 0.3) is 5.91 Å². The fourth-order valence-electron chi connectivity index (χ4n) is 2.61. The normalized spacial score (nSPS) is 12.9. The zero-order chi connectivity index (χ0) is 20.3. The van der Waals surface area contributed by atoms with Crippen molar-refractivity contribution in [2.75, 3.05) is 25.1 Å². The predicted octanol–water partition coefficient (Wildman–Crippen LogP) is 4.58. The van der Waals surface area contributed by atoms with E-state index in [0.29, 0.717) is 36.6 Å². The number of esters is 1. The van der Waals surface area contributed by atoms with Crippen molar-refractivity contribution in [3.05, 3.63) is 23.8 Å². The van der Waals surface area contributed by atoms with Crippen molar-refractivity contribution in [2.45, 2.75) is 65.9 Å². The third-order valence-corrected chi connectivity index (χ3v) is 4.15. The van der Waals surface area contributed by atoms with Crippen LogP contribution >= 0.6 is 0 Å². The van der Waals surface area contributed by atoms with Gasteiger partial charge in [-0.05, 0) is 51.8 Å². The van der Waals surface area contributed by atoms with Gasteiger partial charge in [0.1, 0.15) is 16.9 Å². The van der Waals surface area contributed by atoms with E-state index in [2.05, 4.69) is 12.2 Å². The Kier molecular flexibility index (Phi) is 9.86. The van der Waals surface area contributed by atoms with Gasteiger partial charge >= 0.3 is 5.97 Å². The summed E-state index contributed by atoms with van der Waals surface area (Å²) in [6.07, 6.45) is 3.35. The molecule has 6 heteroatoms. The quantitative estimate of drug-likeness (QED) is 0.538. The topological polar surface area (TPSA) is 73.9 Å². The van der Waals surface area contributed by atoms with E-state index in [0.717, 1.165) is 19.3 Å². The Morgan fingerprint density at radius 1 is 1.07 bits per heavy atom. The lowest BCUT2D eigenvalue weighted by Gasteiger charge is -2.28. The number of carbonyl (C=O) groups excluding carboxylic acids is 2. The van der Waals surface area contributed by atoms with E-state index in [1.807, 2.05) is 20.8 Å². The van der Waals surface area contributed by atoms with Gasteiger partial charge in [-0.1, -0.05) is 26.7 Å². The Morgan fingerprint density at radius 3 is 2.41 bits per heavy atom. The van der Waals surface area contributed by atoms with Gasteiger partial charge in [0, 0.05) is 12.3 Å². The number of rotatable bonds is 12. The Hall–Kier alpha value is -2.08. The number of amides is 1. The summed E-state index contributed by atoms with van der Waals surface area (Å²) in [5.41, 5.74) is -0.107. The Balaban J connectivity index is 3.04. The second-order valence-electron chi connectivity index (χ2n) is 6.50. The molecule has 0 fully saturated rings. The minimum Gasteiger partial charge on any atom is -0.493 e. The molecule has 0 saturated carbocycles. The maximum Gasteiger partial charge on any atom is 0.341 e. The highest BCUT2D eigenvalue weighted by Crippen LogP contribution is 2.26. The van der Waals surface area contributed by atoms with Crippen LogP contribution in [0.3, 0.4) is 0 Å². The molecule has 0 aromatic heterocycles. The molecule has 27 heavy (non-hydrogen) atoms. The maximum absolute atomic E-state index is 12.9. The molecule has 1 aromatic rings. The molecular weight excluding hydrogens is 346 g/mol. The summed E-state index contributed by atoms with van der Waals surface area (Å²) in [5.74, 6) is -0.263. The second-order valence-corrected chi connectivity index (χ2v) is 6.50. The van der Waals surface area contributed by atoms with Crippen molar-refractivity contribution < 1.29 is 23.8 Å². The number of benzene rings is 1. The van der Waals surface area contributed by atoms with Gasteiger partial charge in [-0.25, -0.2) is 4.79 Å². The third-order valence-electron chi connectivity index (χ3n) is 4.15. The van der Waals surface area contributed by atoms with E-state index in [1.165, 1.54) is 0 Å². The summed E-state index contributed by atoms with van der Waals surface area (Å²) >= 11 is 0. The van der Waals surface area contributed by atoms with E-state index < -0.39 is 11.6 Å². The summed E-state index contributed by atoms with van der Waals surface area (Å²) < 4.78 is 16.5. The smallest absolute Gasteiger partial charge is 0.341 e. The van der Waals surface area contributed by atoms with Gasteiger partial charge in [0.05, 0.1) is 13.2 Å². The van der Waals surface area contributed by atoms with E-state index in [-0.39, 0.29) is 12.5 Å². The second kappa shape index (κ2) is 11.6. The monoisotopic (exact) mass is 379 g/mol. The zero-order valence-corrected chi connectivity index (χ0v) is 17.2. The Bertz CT molecular complexity index is 607. The van der Waals surface area contributed by atoms with Crippen LogP contribution in [0.25, 0.3) is 0 Å². The molecule has 6 nitrogen and oxygen atoms in total. The van der Waals surface area contributed by atoms with Crippen molar-refractivity contribution in [3.8, 4) is 5.75 Å². The molecule has 1 rings (SSSR count). The van der Waals surface area contributed by atoms with Crippen LogP contribution in [-0.4, -0.2) is 37.3 Å². The number of unbranched alkanes of at least 4 members (excludes halogenated alkanes) is 1. The minimum absolute atomic E-state index is 0.219. The van der Waals surface area contributed by atoms with Crippen molar-refractivity contribution >= 4 is 17.6 Å². The highest BCUT2D eigenvalue weighted by molar-refractivity contribution is 5.99. The van der Waals surface area contributed by atoms with Crippen molar-refractivity contribution in [1.82, 2.24) is 0 Å². The molecular formula is C21H33NO5. The molecule has 0 aliphatic carbocycles. The zero-order valence-electron chi connectivity index (χ0n) is 17.2. The highest BCUT2D eigenvalue weighted by Gasteiger charge is 2.33.